The molecule has 2 fully saturated rings. The van der Waals surface area contributed by atoms with Gasteiger partial charge >= 0.3 is 12.1 Å². The molecule has 0 saturated carbocycles. The number of hydrogen-bond donors (Lipinski definition) is 0. The molecular formula is C30H29F3O6. The van der Waals surface area contributed by atoms with Crippen molar-refractivity contribution in [1.82, 2.24) is 0 Å². The number of aryl methyl sites for hydroxylation is 1. The SMILES string of the molecule is CO[C@@H]1O[C@H](C(OC(=O)c2ccc(-c3ccccc3)cc2)c2ccc(C(F)(F)F)c(C)c2)[C@H]2OC(C)(C)O[C@@H]12. The van der Waals surface area contributed by atoms with Gasteiger partial charge in [0, 0.05) is 7.11 Å². The molecule has 1 unspecified atom stereocenters. The molecule has 2 heterocycles. The summed E-state index contributed by atoms with van der Waals surface area (Å²) in [5.41, 5.74) is 1.76. The number of carbonyl (C=O) groups is 1. The zero-order chi connectivity index (χ0) is 27.9. The van der Waals surface area contributed by atoms with E-state index in [1.165, 1.54) is 26.2 Å². The molecule has 2 aliphatic heterocycles. The number of carbonyl (C=O) groups excluding carboxylic acids is 1. The number of hydrogen-bond acceptors (Lipinski definition) is 6. The molecule has 6 nitrogen and oxygen atoms in total. The third-order valence-electron chi connectivity index (χ3n) is 6.92. The normalized spacial score (nSPS) is 24.8. The van der Waals surface area contributed by atoms with Crippen LogP contribution < -0.4 is 0 Å². The molecule has 3 aromatic rings. The highest BCUT2D eigenvalue weighted by atomic mass is 19.4. The van der Waals surface area contributed by atoms with Gasteiger partial charge in [-0.25, -0.2) is 4.79 Å². The van der Waals surface area contributed by atoms with Gasteiger partial charge in [-0.3, -0.25) is 0 Å². The first kappa shape index (κ1) is 27.3. The Labute approximate surface area is 224 Å². The van der Waals surface area contributed by atoms with Gasteiger partial charge in [-0.1, -0.05) is 54.6 Å². The maximum atomic E-state index is 13.5. The third-order valence-corrected chi connectivity index (χ3v) is 6.92. The zero-order valence-electron chi connectivity index (χ0n) is 21.9. The molecular weight excluding hydrogens is 513 g/mol. The number of ether oxygens (including phenoxy) is 5. The Morgan fingerprint density at radius 3 is 2.18 bits per heavy atom. The monoisotopic (exact) mass is 542 g/mol. The van der Waals surface area contributed by atoms with Crippen molar-refractivity contribution < 1.29 is 41.7 Å². The predicted molar refractivity (Wildman–Crippen MR) is 136 cm³/mol. The molecule has 0 aromatic heterocycles. The average molecular weight is 543 g/mol. The second-order valence-corrected chi connectivity index (χ2v) is 10.1. The van der Waals surface area contributed by atoms with E-state index in [-0.39, 0.29) is 11.1 Å². The lowest BCUT2D eigenvalue weighted by Crippen LogP contribution is -2.36. The van der Waals surface area contributed by atoms with Crippen LogP contribution in [0, 0.1) is 6.92 Å². The fourth-order valence-electron chi connectivity index (χ4n) is 5.14. The van der Waals surface area contributed by atoms with Gasteiger partial charge in [-0.2, -0.15) is 13.2 Å². The van der Waals surface area contributed by atoms with Crippen LogP contribution in [-0.4, -0.2) is 43.5 Å². The molecule has 0 N–H and O–H groups in total. The lowest BCUT2D eigenvalue weighted by molar-refractivity contribution is -0.237. The lowest BCUT2D eigenvalue weighted by atomic mass is 9.95. The van der Waals surface area contributed by atoms with Gasteiger partial charge in [-0.05, 0) is 61.2 Å². The van der Waals surface area contributed by atoms with E-state index in [9.17, 15) is 18.0 Å². The molecule has 0 bridgehead atoms. The van der Waals surface area contributed by atoms with Crippen molar-refractivity contribution in [2.45, 2.75) is 63.4 Å². The van der Waals surface area contributed by atoms with Gasteiger partial charge in [0.25, 0.3) is 0 Å². The summed E-state index contributed by atoms with van der Waals surface area (Å²) in [6, 6.07) is 20.2. The first-order valence-electron chi connectivity index (χ1n) is 12.5. The quantitative estimate of drug-likeness (QED) is 0.333. The molecule has 0 amide bonds. The maximum absolute atomic E-state index is 13.5. The fourth-order valence-corrected chi connectivity index (χ4v) is 5.14. The van der Waals surface area contributed by atoms with Gasteiger partial charge < -0.3 is 23.7 Å². The van der Waals surface area contributed by atoms with Crippen molar-refractivity contribution in [2.75, 3.05) is 7.11 Å². The molecule has 9 heteroatoms. The Morgan fingerprint density at radius 1 is 0.923 bits per heavy atom. The van der Waals surface area contributed by atoms with Crippen LogP contribution in [-0.2, 0) is 29.9 Å². The smallest absolute Gasteiger partial charge is 0.416 e. The number of esters is 1. The first-order valence-corrected chi connectivity index (χ1v) is 12.5. The van der Waals surface area contributed by atoms with Gasteiger partial charge in [0.1, 0.15) is 18.3 Å². The Morgan fingerprint density at radius 2 is 1.56 bits per heavy atom. The van der Waals surface area contributed by atoms with Crippen molar-refractivity contribution in [3.05, 3.63) is 95.1 Å². The summed E-state index contributed by atoms with van der Waals surface area (Å²) in [6.45, 7) is 4.85. The predicted octanol–water partition coefficient (Wildman–Crippen LogP) is 6.47. The molecule has 5 atom stereocenters. The molecule has 2 aliphatic rings. The summed E-state index contributed by atoms with van der Waals surface area (Å²) in [5.74, 6) is -1.61. The number of halogens is 3. The summed E-state index contributed by atoms with van der Waals surface area (Å²) in [5, 5.41) is 0. The van der Waals surface area contributed by atoms with Crippen molar-refractivity contribution in [1.29, 1.82) is 0 Å². The summed E-state index contributed by atoms with van der Waals surface area (Å²) in [6.07, 6.45) is -8.63. The van der Waals surface area contributed by atoms with Gasteiger partial charge in [0.05, 0.1) is 11.1 Å². The number of rotatable bonds is 6. The molecule has 39 heavy (non-hydrogen) atoms. The molecule has 0 aliphatic carbocycles. The van der Waals surface area contributed by atoms with Crippen LogP contribution in [0.5, 0.6) is 0 Å². The van der Waals surface area contributed by atoms with E-state index in [2.05, 4.69) is 0 Å². The van der Waals surface area contributed by atoms with Gasteiger partial charge in [-0.15, -0.1) is 0 Å². The molecule has 2 saturated heterocycles. The van der Waals surface area contributed by atoms with Crippen LogP contribution in [0.1, 0.15) is 47.0 Å². The highest BCUT2D eigenvalue weighted by Crippen LogP contribution is 2.45. The minimum absolute atomic E-state index is 0.00461. The Bertz CT molecular complexity index is 1320. The van der Waals surface area contributed by atoms with E-state index in [0.29, 0.717) is 5.56 Å². The molecule has 206 valence electrons. The van der Waals surface area contributed by atoms with Gasteiger partial charge in [0.15, 0.2) is 18.2 Å². The van der Waals surface area contributed by atoms with Crippen molar-refractivity contribution >= 4 is 5.97 Å². The largest absolute Gasteiger partial charge is 0.451 e. The summed E-state index contributed by atoms with van der Waals surface area (Å²) >= 11 is 0. The van der Waals surface area contributed by atoms with Crippen LogP contribution in [0.25, 0.3) is 11.1 Å². The summed E-state index contributed by atoms with van der Waals surface area (Å²) in [7, 11) is 1.45. The van der Waals surface area contributed by atoms with Crippen LogP contribution in [0.4, 0.5) is 13.2 Å². The van der Waals surface area contributed by atoms with Crippen molar-refractivity contribution in [2.24, 2.45) is 0 Å². The maximum Gasteiger partial charge on any atom is 0.416 e. The Balaban J connectivity index is 1.47. The second kappa shape index (κ2) is 10.4. The molecule has 0 radical (unpaired) electrons. The highest BCUT2D eigenvalue weighted by Gasteiger charge is 2.58. The molecule has 0 spiro atoms. The molecule has 3 aromatic carbocycles. The van der Waals surface area contributed by atoms with Crippen molar-refractivity contribution in [3.8, 4) is 11.1 Å². The van der Waals surface area contributed by atoms with E-state index in [0.717, 1.165) is 17.2 Å². The number of benzene rings is 3. The lowest BCUT2D eigenvalue weighted by Gasteiger charge is -2.29. The minimum atomic E-state index is -4.52. The molecule has 5 rings (SSSR count). The number of methoxy groups -OCH3 is 1. The number of alkyl halides is 3. The van der Waals surface area contributed by atoms with Crippen LogP contribution in [0.2, 0.25) is 0 Å². The first-order chi connectivity index (χ1) is 18.5. The fraction of sp³-hybridized carbons (Fsp3) is 0.367. The minimum Gasteiger partial charge on any atom is -0.451 e. The Hall–Kier alpha value is -3.24. The number of fused-ring (bicyclic) bond motifs is 1. The summed E-state index contributed by atoms with van der Waals surface area (Å²) < 4.78 is 69.9. The zero-order valence-corrected chi connectivity index (χ0v) is 21.9. The van der Waals surface area contributed by atoms with Crippen LogP contribution in [0.3, 0.4) is 0 Å². The van der Waals surface area contributed by atoms with E-state index in [1.807, 2.05) is 42.5 Å². The topological polar surface area (TPSA) is 63.2 Å². The van der Waals surface area contributed by atoms with E-state index >= 15 is 0 Å². The summed E-state index contributed by atoms with van der Waals surface area (Å²) in [4.78, 5) is 13.4. The van der Waals surface area contributed by atoms with E-state index in [1.54, 1.807) is 26.0 Å². The Kier molecular flexibility index (Phi) is 7.28. The van der Waals surface area contributed by atoms with Gasteiger partial charge in [0.2, 0.25) is 0 Å². The van der Waals surface area contributed by atoms with Crippen LogP contribution >= 0.6 is 0 Å². The van der Waals surface area contributed by atoms with Crippen molar-refractivity contribution in [3.63, 3.8) is 0 Å². The van der Waals surface area contributed by atoms with Crippen LogP contribution in [0.15, 0.2) is 72.8 Å². The second-order valence-electron chi connectivity index (χ2n) is 10.1. The standard InChI is InChI=1S/C30H29F3O6/c1-17-16-21(14-15-22(17)30(31,32)33)23(24-25-26(28(35-4)37-24)39-29(2,3)38-25)36-27(34)20-12-10-19(11-13-20)18-8-6-5-7-9-18/h5-16,23-26,28H,1-4H3/t23?,24-,25-,26-,28-/m1/s1. The highest BCUT2D eigenvalue weighted by molar-refractivity contribution is 5.90. The third kappa shape index (κ3) is 5.58. The average Bonchev–Trinajstić information content (AvgIpc) is 3.39. The van der Waals surface area contributed by atoms with E-state index in [4.69, 9.17) is 23.7 Å². The van der Waals surface area contributed by atoms with E-state index < -0.39 is 54.2 Å².